The second-order valence-corrected chi connectivity index (χ2v) is 6.07. The van der Waals surface area contributed by atoms with Gasteiger partial charge in [-0.15, -0.1) is 0 Å². The van der Waals surface area contributed by atoms with Gasteiger partial charge in [0.2, 0.25) is 0 Å². The monoisotopic (exact) mass is 285 g/mol. The highest BCUT2D eigenvalue weighted by molar-refractivity contribution is 9.10. The molecule has 0 amide bonds. The van der Waals surface area contributed by atoms with Crippen LogP contribution in [0.1, 0.15) is 18.4 Å². The highest BCUT2D eigenvalue weighted by atomic mass is 79.9. The Hall–Kier alpha value is -0.150. The summed E-state index contributed by atoms with van der Waals surface area (Å²) in [5.41, 5.74) is 2.55. The standard InChI is InChI=1S/C12H16BrNS/c1-9-8-11(2-3-12(9)13)14-10-4-6-15-7-5-10/h2-3,8,10,14H,4-7H2,1H3. The topological polar surface area (TPSA) is 12.0 Å². The lowest BCUT2D eigenvalue weighted by atomic mass is 10.1. The zero-order valence-electron chi connectivity index (χ0n) is 8.92. The van der Waals surface area contributed by atoms with Crippen molar-refractivity contribution in [3.05, 3.63) is 28.2 Å². The van der Waals surface area contributed by atoms with Gasteiger partial charge in [-0.2, -0.15) is 11.8 Å². The van der Waals surface area contributed by atoms with Crippen molar-refractivity contribution < 1.29 is 0 Å². The van der Waals surface area contributed by atoms with Gasteiger partial charge >= 0.3 is 0 Å². The van der Waals surface area contributed by atoms with E-state index in [1.54, 1.807) is 0 Å². The molecule has 2 rings (SSSR count). The summed E-state index contributed by atoms with van der Waals surface area (Å²) < 4.78 is 1.19. The first-order valence-corrected chi connectivity index (χ1v) is 7.31. The van der Waals surface area contributed by atoms with E-state index in [-0.39, 0.29) is 0 Å². The first-order valence-electron chi connectivity index (χ1n) is 5.36. The fourth-order valence-corrected chi connectivity index (χ4v) is 3.17. The van der Waals surface area contributed by atoms with Crippen molar-refractivity contribution in [3.63, 3.8) is 0 Å². The smallest absolute Gasteiger partial charge is 0.0345 e. The van der Waals surface area contributed by atoms with Gasteiger partial charge in [0, 0.05) is 16.2 Å². The fraction of sp³-hybridized carbons (Fsp3) is 0.500. The molecule has 0 aliphatic carbocycles. The summed E-state index contributed by atoms with van der Waals surface area (Å²) >= 11 is 5.59. The van der Waals surface area contributed by atoms with E-state index in [1.807, 2.05) is 0 Å². The first-order chi connectivity index (χ1) is 7.25. The van der Waals surface area contributed by atoms with Crippen molar-refractivity contribution in [1.82, 2.24) is 0 Å². The summed E-state index contributed by atoms with van der Waals surface area (Å²) in [5.74, 6) is 2.60. The number of thioether (sulfide) groups is 1. The van der Waals surface area contributed by atoms with E-state index in [0.717, 1.165) is 0 Å². The Morgan fingerprint density at radius 1 is 1.33 bits per heavy atom. The molecule has 1 aromatic rings. The quantitative estimate of drug-likeness (QED) is 0.879. The average molecular weight is 286 g/mol. The molecule has 0 spiro atoms. The predicted octanol–water partition coefficient (Wildman–Crippen LogP) is 4.07. The molecule has 1 saturated heterocycles. The third-order valence-electron chi connectivity index (χ3n) is 2.75. The Labute approximate surface area is 104 Å². The van der Waals surface area contributed by atoms with Crippen LogP contribution in [0.3, 0.4) is 0 Å². The molecule has 15 heavy (non-hydrogen) atoms. The van der Waals surface area contributed by atoms with Crippen LogP contribution in [-0.4, -0.2) is 17.5 Å². The minimum absolute atomic E-state index is 0.673. The van der Waals surface area contributed by atoms with Crippen molar-refractivity contribution in [2.24, 2.45) is 0 Å². The van der Waals surface area contributed by atoms with Crippen LogP contribution < -0.4 is 5.32 Å². The second kappa shape index (κ2) is 5.26. The van der Waals surface area contributed by atoms with Gasteiger partial charge in [-0.05, 0) is 55.0 Å². The van der Waals surface area contributed by atoms with Crippen LogP contribution in [0.25, 0.3) is 0 Å². The van der Waals surface area contributed by atoms with Crippen molar-refractivity contribution in [3.8, 4) is 0 Å². The third kappa shape index (κ3) is 3.15. The van der Waals surface area contributed by atoms with E-state index >= 15 is 0 Å². The number of benzene rings is 1. The van der Waals surface area contributed by atoms with E-state index in [0.29, 0.717) is 6.04 Å². The number of hydrogen-bond acceptors (Lipinski definition) is 2. The lowest BCUT2D eigenvalue weighted by molar-refractivity contribution is 0.667. The van der Waals surface area contributed by atoms with E-state index in [2.05, 4.69) is 58.1 Å². The number of hydrogen-bond donors (Lipinski definition) is 1. The summed E-state index contributed by atoms with van der Waals surface area (Å²) in [6.07, 6.45) is 2.58. The Balaban J connectivity index is 2.00. The lowest BCUT2D eigenvalue weighted by Crippen LogP contribution is -2.24. The molecule has 1 heterocycles. The Morgan fingerprint density at radius 3 is 2.73 bits per heavy atom. The molecular weight excluding hydrogens is 270 g/mol. The largest absolute Gasteiger partial charge is 0.382 e. The molecule has 1 nitrogen and oxygen atoms in total. The maximum absolute atomic E-state index is 3.61. The molecule has 3 heteroatoms. The highest BCUT2D eigenvalue weighted by Crippen LogP contribution is 2.24. The first kappa shape index (κ1) is 11.3. The molecule has 1 aliphatic rings. The number of anilines is 1. The van der Waals surface area contributed by atoms with Gasteiger partial charge < -0.3 is 5.32 Å². The number of aryl methyl sites for hydroxylation is 1. The van der Waals surface area contributed by atoms with Crippen LogP contribution in [0.5, 0.6) is 0 Å². The molecular formula is C12H16BrNS. The van der Waals surface area contributed by atoms with Crippen molar-refractivity contribution in [2.45, 2.75) is 25.8 Å². The molecule has 0 atom stereocenters. The van der Waals surface area contributed by atoms with Gasteiger partial charge in [0.25, 0.3) is 0 Å². The van der Waals surface area contributed by atoms with Crippen LogP contribution in [0.4, 0.5) is 5.69 Å². The van der Waals surface area contributed by atoms with Gasteiger partial charge in [-0.1, -0.05) is 15.9 Å². The lowest BCUT2D eigenvalue weighted by Gasteiger charge is -2.23. The van der Waals surface area contributed by atoms with Crippen LogP contribution in [0.2, 0.25) is 0 Å². The van der Waals surface area contributed by atoms with Crippen LogP contribution in [0.15, 0.2) is 22.7 Å². The van der Waals surface area contributed by atoms with E-state index < -0.39 is 0 Å². The minimum atomic E-state index is 0.673. The van der Waals surface area contributed by atoms with E-state index in [1.165, 1.54) is 40.1 Å². The van der Waals surface area contributed by atoms with Gasteiger partial charge in [0.1, 0.15) is 0 Å². The zero-order chi connectivity index (χ0) is 10.7. The third-order valence-corrected chi connectivity index (χ3v) is 4.69. The molecule has 1 N–H and O–H groups in total. The summed E-state index contributed by atoms with van der Waals surface area (Å²) in [6, 6.07) is 7.16. The maximum Gasteiger partial charge on any atom is 0.0345 e. The normalized spacial score (nSPS) is 17.7. The summed E-state index contributed by atoms with van der Waals surface area (Å²) in [6.45, 7) is 2.13. The zero-order valence-corrected chi connectivity index (χ0v) is 11.3. The van der Waals surface area contributed by atoms with Crippen molar-refractivity contribution >= 4 is 33.4 Å². The molecule has 0 saturated carbocycles. The molecule has 1 fully saturated rings. The van der Waals surface area contributed by atoms with Crippen LogP contribution >= 0.6 is 27.7 Å². The van der Waals surface area contributed by atoms with E-state index in [4.69, 9.17) is 0 Å². The molecule has 0 bridgehead atoms. The van der Waals surface area contributed by atoms with Crippen LogP contribution in [-0.2, 0) is 0 Å². The minimum Gasteiger partial charge on any atom is -0.382 e. The maximum atomic E-state index is 3.61. The summed E-state index contributed by atoms with van der Waals surface area (Å²) in [4.78, 5) is 0. The van der Waals surface area contributed by atoms with Gasteiger partial charge in [-0.25, -0.2) is 0 Å². The summed E-state index contributed by atoms with van der Waals surface area (Å²) in [5, 5.41) is 3.61. The molecule has 0 unspecified atom stereocenters. The number of rotatable bonds is 2. The Kier molecular flexibility index (Phi) is 3.98. The molecule has 82 valence electrons. The van der Waals surface area contributed by atoms with Gasteiger partial charge in [0.05, 0.1) is 0 Å². The number of nitrogens with one attached hydrogen (secondary N) is 1. The second-order valence-electron chi connectivity index (χ2n) is 3.99. The predicted molar refractivity (Wildman–Crippen MR) is 72.8 cm³/mol. The van der Waals surface area contributed by atoms with Crippen molar-refractivity contribution in [1.29, 1.82) is 0 Å². The highest BCUT2D eigenvalue weighted by Gasteiger charge is 2.13. The molecule has 0 aromatic heterocycles. The van der Waals surface area contributed by atoms with Crippen molar-refractivity contribution in [2.75, 3.05) is 16.8 Å². The SMILES string of the molecule is Cc1cc(NC2CCSCC2)ccc1Br. The summed E-state index contributed by atoms with van der Waals surface area (Å²) in [7, 11) is 0. The Morgan fingerprint density at radius 2 is 2.07 bits per heavy atom. The number of halogens is 1. The molecule has 1 aromatic carbocycles. The molecule has 0 radical (unpaired) electrons. The average Bonchev–Trinajstić information content (AvgIpc) is 2.25. The van der Waals surface area contributed by atoms with E-state index in [9.17, 15) is 0 Å². The molecule has 1 aliphatic heterocycles. The fourth-order valence-electron chi connectivity index (χ4n) is 1.81. The van der Waals surface area contributed by atoms with Crippen LogP contribution in [0, 0.1) is 6.92 Å². The van der Waals surface area contributed by atoms with Gasteiger partial charge in [0.15, 0.2) is 0 Å². The Bertz CT molecular complexity index is 334. The van der Waals surface area contributed by atoms with Gasteiger partial charge in [-0.3, -0.25) is 0 Å².